The molecule has 1 rings (SSSR count). The third-order valence-corrected chi connectivity index (χ3v) is 4.06. The fourth-order valence-corrected chi connectivity index (χ4v) is 2.00. The van der Waals surface area contributed by atoms with Crippen molar-refractivity contribution in [3.05, 3.63) is 0 Å². The second kappa shape index (κ2) is 4.07. The standard InChI is InChI=1S/C12H21NO3/c1-11(2,10(15)16)12(3,4)13-8-6-5-7-9(13)14/h5-8H2,1-4H3,(H,15,16). The molecule has 92 valence electrons. The Morgan fingerprint density at radius 1 is 1.25 bits per heavy atom. The summed E-state index contributed by atoms with van der Waals surface area (Å²) in [7, 11) is 0. The quantitative estimate of drug-likeness (QED) is 0.801. The summed E-state index contributed by atoms with van der Waals surface area (Å²) in [6, 6.07) is 0. The summed E-state index contributed by atoms with van der Waals surface area (Å²) in [4.78, 5) is 24.8. The van der Waals surface area contributed by atoms with Gasteiger partial charge in [0.05, 0.1) is 11.0 Å². The van der Waals surface area contributed by atoms with E-state index >= 15 is 0 Å². The molecule has 1 aliphatic heterocycles. The largest absolute Gasteiger partial charge is 0.481 e. The normalized spacial score (nSPS) is 18.8. The van der Waals surface area contributed by atoms with Gasteiger partial charge in [-0.25, -0.2) is 0 Å². The SMILES string of the molecule is CC(C)(C(=O)O)C(C)(C)N1CCCCC1=O. The topological polar surface area (TPSA) is 57.6 Å². The van der Waals surface area contributed by atoms with Gasteiger partial charge in [-0.3, -0.25) is 9.59 Å². The molecule has 0 radical (unpaired) electrons. The Balaban J connectivity index is 2.99. The molecule has 0 bridgehead atoms. The number of carbonyl (C=O) groups is 2. The van der Waals surface area contributed by atoms with E-state index in [1.54, 1.807) is 18.7 Å². The van der Waals surface area contributed by atoms with Gasteiger partial charge in [0.15, 0.2) is 0 Å². The fraction of sp³-hybridized carbons (Fsp3) is 0.833. The van der Waals surface area contributed by atoms with Crippen molar-refractivity contribution in [3.63, 3.8) is 0 Å². The van der Waals surface area contributed by atoms with E-state index in [0.717, 1.165) is 12.8 Å². The average molecular weight is 227 g/mol. The highest BCUT2D eigenvalue weighted by atomic mass is 16.4. The van der Waals surface area contributed by atoms with Crippen LogP contribution in [0.2, 0.25) is 0 Å². The zero-order valence-corrected chi connectivity index (χ0v) is 10.5. The number of nitrogens with zero attached hydrogens (tertiary/aromatic N) is 1. The van der Waals surface area contributed by atoms with E-state index in [9.17, 15) is 14.7 Å². The van der Waals surface area contributed by atoms with Crippen LogP contribution in [0.1, 0.15) is 47.0 Å². The second-order valence-corrected chi connectivity index (χ2v) is 5.49. The third kappa shape index (κ3) is 1.93. The van der Waals surface area contributed by atoms with E-state index in [-0.39, 0.29) is 5.91 Å². The molecular formula is C12H21NO3. The number of hydrogen-bond donors (Lipinski definition) is 1. The Morgan fingerprint density at radius 3 is 2.25 bits per heavy atom. The molecule has 0 aromatic rings. The third-order valence-electron chi connectivity index (χ3n) is 4.06. The second-order valence-electron chi connectivity index (χ2n) is 5.49. The summed E-state index contributed by atoms with van der Waals surface area (Å²) in [5, 5.41) is 9.26. The van der Waals surface area contributed by atoms with Crippen molar-refractivity contribution in [1.29, 1.82) is 0 Å². The Morgan fingerprint density at radius 2 is 1.81 bits per heavy atom. The van der Waals surface area contributed by atoms with Crippen LogP contribution in [0, 0.1) is 5.41 Å². The predicted octanol–water partition coefficient (Wildman–Crippen LogP) is 1.89. The average Bonchev–Trinajstić information content (AvgIpc) is 2.17. The number of amides is 1. The Hall–Kier alpha value is -1.06. The highest BCUT2D eigenvalue weighted by Gasteiger charge is 2.49. The van der Waals surface area contributed by atoms with Gasteiger partial charge in [0.1, 0.15) is 0 Å². The number of likely N-dealkylation sites (tertiary alicyclic amines) is 1. The van der Waals surface area contributed by atoms with Gasteiger partial charge in [0.25, 0.3) is 0 Å². The molecule has 1 aliphatic rings. The summed E-state index contributed by atoms with van der Waals surface area (Å²) in [5.41, 5.74) is -1.60. The van der Waals surface area contributed by atoms with Crippen molar-refractivity contribution in [2.45, 2.75) is 52.5 Å². The van der Waals surface area contributed by atoms with Crippen molar-refractivity contribution in [2.24, 2.45) is 5.41 Å². The van der Waals surface area contributed by atoms with Gasteiger partial charge in [-0.1, -0.05) is 0 Å². The lowest BCUT2D eigenvalue weighted by molar-refractivity contribution is -0.161. The molecule has 0 saturated carbocycles. The molecule has 4 nitrogen and oxygen atoms in total. The van der Waals surface area contributed by atoms with Crippen molar-refractivity contribution < 1.29 is 14.7 Å². The Labute approximate surface area is 96.6 Å². The van der Waals surface area contributed by atoms with Crippen molar-refractivity contribution in [3.8, 4) is 0 Å². The summed E-state index contributed by atoms with van der Waals surface area (Å²) >= 11 is 0. The van der Waals surface area contributed by atoms with E-state index in [0.29, 0.717) is 13.0 Å². The van der Waals surface area contributed by atoms with Crippen molar-refractivity contribution >= 4 is 11.9 Å². The first kappa shape index (κ1) is 13.0. The number of piperidine rings is 1. The number of aliphatic carboxylic acids is 1. The van der Waals surface area contributed by atoms with Gasteiger partial charge < -0.3 is 10.0 Å². The molecule has 16 heavy (non-hydrogen) atoms. The van der Waals surface area contributed by atoms with E-state index in [2.05, 4.69) is 0 Å². The molecule has 0 aromatic heterocycles. The van der Waals surface area contributed by atoms with Crippen LogP contribution in [-0.2, 0) is 9.59 Å². The first-order chi connectivity index (χ1) is 7.21. The number of hydrogen-bond acceptors (Lipinski definition) is 2. The number of carboxylic acids is 1. The van der Waals surface area contributed by atoms with Gasteiger partial charge in [0, 0.05) is 13.0 Å². The van der Waals surface area contributed by atoms with Crippen LogP contribution < -0.4 is 0 Å². The molecule has 1 saturated heterocycles. The highest BCUT2D eigenvalue weighted by Crippen LogP contribution is 2.37. The maximum absolute atomic E-state index is 11.8. The number of carboxylic acid groups (broad SMARTS) is 1. The van der Waals surface area contributed by atoms with Gasteiger partial charge >= 0.3 is 5.97 Å². The minimum Gasteiger partial charge on any atom is -0.481 e. The van der Waals surface area contributed by atoms with Gasteiger partial charge in [0.2, 0.25) is 5.91 Å². The zero-order valence-electron chi connectivity index (χ0n) is 10.5. The molecular weight excluding hydrogens is 206 g/mol. The minimum absolute atomic E-state index is 0.0746. The summed E-state index contributed by atoms with van der Waals surface area (Å²) in [6.07, 6.45) is 2.42. The lowest BCUT2D eigenvalue weighted by Gasteiger charge is -2.48. The fourth-order valence-electron chi connectivity index (χ4n) is 2.00. The van der Waals surface area contributed by atoms with Gasteiger partial charge in [-0.15, -0.1) is 0 Å². The first-order valence-electron chi connectivity index (χ1n) is 5.75. The number of rotatable bonds is 3. The van der Waals surface area contributed by atoms with Gasteiger partial charge in [-0.2, -0.15) is 0 Å². The first-order valence-corrected chi connectivity index (χ1v) is 5.75. The molecule has 0 aliphatic carbocycles. The molecule has 0 aromatic carbocycles. The van der Waals surface area contributed by atoms with E-state index in [4.69, 9.17) is 0 Å². The van der Waals surface area contributed by atoms with Crippen LogP contribution >= 0.6 is 0 Å². The lowest BCUT2D eigenvalue weighted by atomic mass is 9.72. The maximum Gasteiger partial charge on any atom is 0.311 e. The van der Waals surface area contributed by atoms with Crippen LogP contribution in [0.5, 0.6) is 0 Å². The zero-order chi connectivity index (χ0) is 12.6. The monoisotopic (exact) mass is 227 g/mol. The highest BCUT2D eigenvalue weighted by molar-refractivity contribution is 5.81. The molecule has 1 fully saturated rings. The Kier molecular flexibility index (Phi) is 3.31. The summed E-state index contributed by atoms with van der Waals surface area (Å²) in [5.74, 6) is -0.790. The molecule has 0 atom stereocenters. The molecule has 1 amide bonds. The van der Waals surface area contributed by atoms with Gasteiger partial charge in [-0.05, 0) is 40.5 Å². The molecule has 0 unspecified atom stereocenters. The van der Waals surface area contributed by atoms with E-state index in [1.165, 1.54) is 0 Å². The molecule has 1 heterocycles. The molecule has 4 heteroatoms. The van der Waals surface area contributed by atoms with E-state index < -0.39 is 16.9 Å². The van der Waals surface area contributed by atoms with E-state index in [1.807, 2.05) is 13.8 Å². The molecule has 1 N–H and O–H groups in total. The molecule has 0 spiro atoms. The van der Waals surface area contributed by atoms with Crippen LogP contribution in [0.25, 0.3) is 0 Å². The Bertz CT molecular complexity index is 307. The van der Waals surface area contributed by atoms with Crippen LogP contribution in [0.3, 0.4) is 0 Å². The lowest BCUT2D eigenvalue weighted by Crippen LogP contribution is -2.60. The van der Waals surface area contributed by atoms with Crippen LogP contribution in [-0.4, -0.2) is 34.0 Å². The number of carbonyl (C=O) groups excluding carboxylic acids is 1. The predicted molar refractivity (Wildman–Crippen MR) is 61.1 cm³/mol. The smallest absolute Gasteiger partial charge is 0.311 e. The maximum atomic E-state index is 11.8. The van der Waals surface area contributed by atoms with Crippen LogP contribution in [0.15, 0.2) is 0 Å². The van der Waals surface area contributed by atoms with Crippen molar-refractivity contribution in [2.75, 3.05) is 6.54 Å². The summed E-state index contributed by atoms with van der Waals surface area (Å²) in [6.45, 7) is 7.70. The summed E-state index contributed by atoms with van der Waals surface area (Å²) < 4.78 is 0. The minimum atomic E-state index is -0.944. The van der Waals surface area contributed by atoms with Crippen molar-refractivity contribution in [1.82, 2.24) is 4.90 Å². The van der Waals surface area contributed by atoms with Crippen LogP contribution in [0.4, 0.5) is 0 Å².